The molecule has 1 aromatic rings. The van der Waals surface area contributed by atoms with Crippen LogP contribution in [0.2, 0.25) is 5.02 Å². The van der Waals surface area contributed by atoms with E-state index in [9.17, 15) is 13.2 Å². The quantitative estimate of drug-likeness (QED) is 0.861. The summed E-state index contributed by atoms with van der Waals surface area (Å²) in [5.74, 6) is -0.0646. The Morgan fingerprint density at radius 3 is 2.55 bits per heavy atom. The number of halogens is 1. The molecule has 0 aliphatic rings. The highest BCUT2D eigenvalue weighted by Crippen LogP contribution is 2.20. The SMILES string of the molecule is CC[C@H](NC(=O)N(C)[C@@H](C)CS(C)(=O)=O)c1cccc(Cl)c1. The van der Waals surface area contributed by atoms with Crippen molar-refractivity contribution < 1.29 is 13.2 Å². The highest BCUT2D eigenvalue weighted by atomic mass is 35.5. The molecule has 0 aliphatic heterocycles. The fourth-order valence-corrected chi connectivity index (χ4v) is 3.44. The molecular weight excluding hydrogens is 324 g/mol. The van der Waals surface area contributed by atoms with Crippen LogP contribution in [0, 0.1) is 0 Å². The molecule has 0 spiro atoms. The molecule has 0 radical (unpaired) electrons. The number of carbonyl (C=O) groups is 1. The van der Waals surface area contributed by atoms with Crippen molar-refractivity contribution in [2.75, 3.05) is 19.1 Å². The van der Waals surface area contributed by atoms with Crippen molar-refractivity contribution in [2.24, 2.45) is 0 Å². The zero-order valence-electron chi connectivity index (χ0n) is 13.3. The summed E-state index contributed by atoms with van der Waals surface area (Å²) in [5, 5.41) is 3.52. The third-order valence-corrected chi connectivity index (χ3v) is 4.81. The van der Waals surface area contributed by atoms with Crippen LogP contribution < -0.4 is 5.32 Å². The molecule has 2 amide bonds. The van der Waals surface area contributed by atoms with Gasteiger partial charge in [-0.05, 0) is 31.0 Å². The third kappa shape index (κ3) is 5.85. The average Bonchev–Trinajstić information content (AvgIpc) is 2.41. The van der Waals surface area contributed by atoms with E-state index in [-0.39, 0.29) is 17.8 Å². The van der Waals surface area contributed by atoms with Gasteiger partial charge >= 0.3 is 6.03 Å². The molecule has 124 valence electrons. The van der Waals surface area contributed by atoms with Crippen molar-refractivity contribution in [3.8, 4) is 0 Å². The van der Waals surface area contributed by atoms with Gasteiger partial charge in [0.05, 0.1) is 11.8 Å². The van der Waals surface area contributed by atoms with Crippen LogP contribution in [-0.4, -0.2) is 44.4 Å². The number of hydrogen-bond acceptors (Lipinski definition) is 3. The van der Waals surface area contributed by atoms with Gasteiger partial charge in [-0.3, -0.25) is 0 Å². The summed E-state index contributed by atoms with van der Waals surface area (Å²) in [6, 6.07) is 6.47. The van der Waals surface area contributed by atoms with Crippen LogP contribution in [0.3, 0.4) is 0 Å². The topological polar surface area (TPSA) is 66.5 Å². The van der Waals surface area contributed by atoms with Gasteiger partial charge in [0.15, 0.2) is 0 Å². The Balaban J connectivity index is 2.76. The van der Waals surface area contributed by atoms with E-state index in [4.69, 9.17) is 11.6 Å². The highest BCUT2D eigenvalue weighted by Gasteiger charge is 2.22. The van der Waals surface area contributed by atoms with Gasteiger partial charge in [0.1, 0.15) is 9.84 Å². The molecule has 0 fully saturated rings. The zero-order valence-corrected chi connectivity index (χ0v) is 14.9. The number of sulfone groups is 1. The van der Waals surface area contributed by atoms with Crippen molar-refractivity contribution in [3.05, 3.63) is 34.9 Å². The number of hydrogen-bond donors (Lipinski definition) is 1. The number of rotatable bonds is 6. The number of carbonyl (C=O) groups excluding carboxylic acids is 1. The molecular formula is C15H23ClN2O3S. The fraction of sp³-hybridized carbons (Fsp3) is 0.533. The third-order valence-electron chi connectivity index (χ3n) is 3.48. The van der Waals surface area contributed by atoms with E-state index in [1.165, 1.54) is 4.90 Å². The van der Waals surface area contributed by atoms with Crippen LogP contribution in [-0.2, 0) is 9.84 Å². The predicted molar refractivity (Wildman–Crippen MR) is 90.0 cm³/mol. The largest absolute Gasteiger partial charge is 0.331 e. The number of benzene rings is 1. The van der Waals surface area contributed by atoms with Gasteiger partial charge in [-0.25, -0.2) is 13.2 Å². The lowest BCUT2D eigenvalue weighted by Gasteiger charge is -2.27. The van der Waals surface area contributed by atoms with E-state index in [0.717, 1.165) is 11.8 Å². The summed E-state index contributed by atoms with van der Waals surface area (Å²) >= 11 is 5.98. The Kier molecular flexibility index (Phi) is 6.68. The van der Waals surface area contributed by atoms with Crippen molar-refractivity contribution in [1.82, 2.24) is 10.2 Å². The lowest BCUT2D eigenvalue weighted by atomic mass is 10.0. The maximum atomic E-state index is 12.3. The zero-order chi connectivity index (χ0) is 16.9. The summed E-state index contributed by atoms with van der Waals surface area (Å²) < 4.78 is 22.7. The number of nitrogens with zero attached hydrogens (tertiary/aromatic N) is 1. The summed E-state index contributed by atoms with van der Waals surface area (Å²) in [5.41, 5.74) is 0.924. The minimum absolute atomic E-state index is 0.0646. The summed E-state index contributed by atoms with van der Waals surface area (Å²) in [6.07, 6.45) is 1.87. The lowest BCUT2D eigenvalue weighted by Crippen LogP contribution is -2.46. The van der Waals surface area contributed by atoms with Crippen LogP contribution >= 0.6 is 11.6 Å². The van der Waals surface area contributed by atoms with Gasteiger partial charge in [0, 0.05) is 24.4 Å². The standard InChI is InChI=1S/C15H23ClN2O3S/c1-5-14(12-7-6-8-13(16)9-12)17-15(19)18(3)11(2)10-22(4,20)21/h6-9,11,14H,5,10H2,1-4H3,(H,17,19)/t11-,14-/m0/s1. The lowest BCUT2D eigenvalue weighted by molar-refractivity contribution is 0.193. The summed E-state index contributed by atoms with van der Waals surface area (Å²) in [4.78, 5) is 13.7. The number of urea groups is 1. The highest BCUT2D eigenvalue weighted by molar-refractivity contribution is 7.90. The van der Waals surface area contributed by atoms with Crippen molar-refractivity contribution >= 4 is 27.5 Å². The van der Waals surface area contributed by atoms with Crippen LogP contribution in [0.5, 0.6) is 0 Å². The van der Waals surface area contributed by atoms with Gasteiger partial charge in [0.2, 0.25) is 0 Å². The van der Waals surface area contributed by atoms with Crippen molar-refractivity contribution in [2.45, 2.75) is 32.4 Å². The predicted octanol–water partition coefficient (Wildman–Crippen LogP) is 2.87. The Morgan fingerprint density at radius 2 is 2.05 bits per heavy atom. The van der Waals surface area contributed by atoms with Gasteiger partial charge in [-0.1, -0.05) is 30.7 Å². The van der Waals surface area contributed by atoms with Crippen LogP contribution in [0.1, 0.15) is 31.9 Å². The minimum Gasteiger partial charge on any atom is -0.331 e. The number of nitrogens with one attached hydrogen (secondary N) is 1. The van der Waals surface area contributed by atoms with E-state index in [1.807, 2.05) is 25.1 Å². The molecule has 22 heavy (non-hydrogen) atoms. The first-order chi connectivity index (χ1) is 10.1. The van der Waals surface area contributed by atoms with Gasteiger partial charge < -0.3 is 10.2 Å². The molecule has 0 aromatic heterocycles. The average molecular weight is 347 g/mol. The molecule has 0 bridgehead atoms. The summed E-state index contributed by atoms with van der Waals surface area (Å²) in [6.45, 7) is 3.67. The molecule has 1 aromatic carbocycles. The molecule has 0 saturated heterocycles. The molecule has 0 aliphatic carbocycles. The molecule has 2 atom stereocenters. The molecule has 7 heteroatoms. The van der Waals surface area contributed by atoms with E-state index in [2.05, 4.69) is 5.32 Å². The second-order valence-corrected chi connectivity index (χ2v) is 8.14. The van der Waals surface area contributed by atoms with E-state index >= 15 is 0 Å². The van der Waals surface area contributed by atoms with E-state index < -0.39 is 15.9 Å². The smallest absolute Gasteiger partial charge is 0.317 e. The maximum absolute atomic E-state index is 12.3. The molecule has 0 unspecified atom stereocenters. The molecule has 1 N–H and O–H groups in total. The first-order valence-corrected chi connectivity index (χ1v) is 9.54. The molecule has 0 heterocycles. The first-order valence-electron chi connectivity index (χ1n) is 7.10. The van der Waals surface area contributed by atoms with Crippen molar-refractivity contribution in [3.63, 3.8) is 0 Å². The second kappa shape index (κ2) is 7.83. The van der Waals surface area contributed by atoms with Crippen LogP contribution in [0.4, 0.5) is 4.79 Å². The van der Waals surface area contributed by atoms with E-state index in [0.29, 0.717) is 11.4 Å². The Labute approximate surface area is 137 Å². The summed E-state index contributed by atoms with van der Waals surface area (Å²) in [7, 11) is -1.54. The monoisotopic (exact) mass is 346 g/mol. The minimum atomic E-state index is -3.13. The first kappa shape index (κ1) is 18.8. The van der Waals surface area contributed by atoms with E-state index in [1.54, 1.807) is 20.0 Å². The molecule has 0 saturated carbocycles. The van der Waals surface area contributed by atoms with Crippen LogP contribution in [0.15, 0.2) is 24.3 Å². The second-order valence-electron chi connectivity index (χ2n) is 5.52. The van der Waals surface area contributed by atoms with Crippen molar-refractivity contribution in [1.29, 1.82) is 0 Å². The van der Waals surface area contributed by atoms with Gasteiger partial charge in [0.25, 0.3) is 0 Å². The maximum Gasteiger partial charge on any atom is 0.317 e. The number of amides is 2. The fourth-order valence-electron chi connectivity index (χ4n) is 2.15. The Hall–Kier alpha value is -1.27. The Bertz CT molecular complexity index is 619. The van der Waals surface area contributed by atoms with Gasteiger partial charge in [-0.2, -0.15) is 0 Å². The molecule has 1 rings (SSSR count). The molecule has 5 nitrogen and oxygen atoms in total. The van der Waals surface area contributed by atoms with Crippen LogP contribution in [0.25, 0.3) is 0 Å². The normalized spacial score (nSPS) is 14.2. The van der Waals surface area contributed by atoms with Gasteiger partial charge in [-0.15, -0.1) is 0 Å². The Morgan fingerprint density at radius 1 is 1.41 bits per heavy atom.